The van der Waals surface area contributed by atoms with Gasteiger partial charge in [-0.1, -0.05) is 36.9 Å². The number of phosphoric acid groups is 1. The van der Waals surface area contributed by atoms with Crippen LogP contribution in [0.25, 0.3) is 6.08 Å². The Morgan fingerprint density at radius 3 is 2.33 bits per heavy atom. The van der Waals surface area contributed by atoms with Gasteiger partial charge in [0.15, 0.2) is 0 Å². The smallest absolute Gasteiger partial charge is 0.329 e. The fraction of sp³-hybridized carbons (Fsp3) is 0.500. The normalized spacial score (nSPS) is 13.7. The maximum Gasteiger partial charge on any atom is 0.470 e. The molecule has 8 heteroatoms. The van der Waals surface area contributed by atoms with Gasteiger partial charge in [-0.2, -0.15) is 0 Å². The van der Waals surface area contributed by atoms with E-state index in [1.165, 1.54) is 0 Å². The van der Waals surface area contributed by atoms with Crippen LogP contribution in [0.4, 0.5) is 0 Å². The molecule has 0 saturated heterocycles. The van der Waals surface area contributed by atoms with Gasteiger partial charge in [0.05, 0.1) is 27.7 Å². The second-order valence-electron chi connectivity index (χ2n) is 6.51. The zero-order valence-corrected chi connectivity index (χ0v) is 15.3. The summed E-state index contributed by atoms with van der Waals surface area (Å²) in [5, 5.41) is 0. The Labute approximate surface area is 143 Å². The molecule has 1 unspecified atom stereocenters. The zero-order chi connectivity index (χ0) is 18.2. The number of nitrogens with zero attached hydrogens (tertiary/aromatic N) is 1. The first-order chi connectivity index (χ1) is 11.1. The van der Waals surface area contributed by atoms with E-state index in [-0.39, 0.29) is 13.2 Å². The molecule has 1 aromatic carbocycles. The highest BCUT2D eigenvalue weighted by Gasteiger charge is 2.27. The Balaban J connectivity index is 2.35. The summed E-state index contributed by atoms with van der Waals surface area (Å²) in [5.74, 6) is 0. The molecule has 2 N–H and O–H groups in total. The van der Waals surface area contributed by atoms with E-state index in [9.17, 15) is 4.57 Å². The average molecular weight is 360 g/mol. The SMILES string of the molecule is C=Cc1ccc(COOCCC(C[N+](C)(C)C)OP(=O)(O)O)cc1. The molecule has 0 radical (unpaired) electrons. The lowest BCUT2D eigenvalue weighted by molar-refractivity contribution is -0.873. The molecule has 0 fully saturated rings. The topological polar surface area (TPSA) is 85.2 Å². The fourth-order valence-electron chi connectivity index (χ4n) is 2.08. The standard InChI is InChI=1S/C16H26NO6P/c1-5-14-6-8-15(9-7-14)13-22-21-11-10-16(12-17(2,3)4)23-24(18,19)20/h5-9,16H,1,10-13H2,2-4H3,(H-,18,19,20)/p+1. The molecule has 0 heterocycles. The van der Waals surface area contributed by atoms with Gasteiger partial charge in [-0.3, -0.25) is 4.52 Å². The molecule has 0 bridgehead atoms. The first kappa shape index (κ1) is 21.0. The minimum absolute atomic E-state index is 0.176. The third kappa shape index (κ3) is 9.95. The van der Waals surface area contributed by atoms with E-state index in [0.29, 0.717) is 17.4 Å². The van der Waals surface area contributed by atoms with Crippen molar-refractivity contribution < 1.29 is 33.1 Å². The van der Waals surface area contributed by atoms with Crippen LogP contribution in [-0.4, -0.2) is 54.7 Å². The number of hydrogen-bond acceptors (Lipinski definition) is 4. The van der Waals surface area contributed by atoms with Crippen molar-refractivity contribution in [2.45, 2.75) is 19.1 Å². The number of likely N-dealkylation sites (N-methyl/N-ethyl adjacent to an activating group) is 1. The highest BCUT2D eigenvalue weighted by Crippen LogP contribution is 2.38. The Morgan fingerprint density at radius 2 is 1.83 bits per heavy atom. The summed E-state index contributed by atoms with van der Waals surface area (Å²) in [6.45, 7) is 4.60. The molecule has 0 aliphatic heterocycles. The van der Waals surface area contributed by atoms with E-state index in [1.54, 1.807) is 6.08 Å². The van der Waals surface area contributed by atoms with Crippen LogP contribution >= 0.6 is 7.82 Å². The largest absolute Gasteiger partial charge is 0.470 e. The van der Waals surface area contributed by atoms with Crippen LogP contribution in [0.15, 0.2) is 30.8 Å². The van der Waals surface area contributed by atoms with E-state index in [1.807, 2.05) is 45.4 Å². The number of quaternary nitrogens is 1. The predicted molar refractivity (Wildman–Crippen MR) is 91.7 cm³/mol. The number of benzene rings is 1. The van der Waals surface area contributed by atoms with Gasteiger partial charge in [0.1, 0.15) is 19.3 Å². The lowest BCUT2D eigenvalue weighted by Gasteiger charge is -2.29. The minimum Gasteiger partial charge on any atom is -0.329 e. The first-order valence-electron chi connectivity index (χ1n) is 7.59. The zero-order valence-electron chi connectivity index (χ0n) is 14.4. The summed E-state index contributed by atoms with van der Waals surface area (Å²) in [6.07, 6.45) is 1.45. The molecular formula is C16H27NO6P+. The van der Waals surface area contributed by atoms with E-state index >= 15 is 0 Å². The molecule has 0 amide bonds. The van der Waals surface area contributed by atoms with Crippen molar-refractivity contribution >= 4 is 13.9 Å². The third-order valence-corrected chi connectivity index (χ3v) is 3.66. The van der Waals surface area contributed by atoms with Crippen LogP contribution in [0.5, 0.6) is 0 Å². The van der Waals surface area contributed by atoms with Gasteiger partial charge in [-0.15, -0.1) is 0 Å². The van der Waals surface area contributed by atoms with Crippen molar-refractivity contribution in [2.24, 2.45) is 0 Å². The van der Waals surface area contributed by atoms with Crippen molar-refractivity contribution in [3.8, 4) is 0 Å². The van der Waals surface area contributed by atoms with E-state index in [2.05, 4.69) is 6.58 Å². The molecule has 1 atom stereocenters. The number of rotatable bonds is 11. The van der Waals surface area contributed by atoms with Gasteiger partial charge < -0.3 is 14.3 Å². The Kier molecular flexibility index (Phi) is 8.26. The summed E-state index contributed by atoms with van der Waals surface area (Å²) < 4.78 is 16.4. The van der Waals surface area contributed by atoms with Gasteiger partial charge in [0.2, 0.25) is 0 Å². The average Bonchev–Trinajstić information content (AvgIpc) is 2.44. The molecule has 0 aromatic heterocycles. The Bertz CT molecular complexity index is 549. The molecule has 0 aliphatic carbocycles. The summed E-state index contributed by atoms with van der Waals surface area (Å²) in [5.41, 5.74) is 1.98. The van der Waals surface area contributed by atoms with E-state index in [4.69, 9.17) is 24.1 Å². The maximum absolute atomic E-state index is 11.0. The minimum atomic E-state index is -4.53. The highest BCUT2D eigenvalue weighted by molar-refractivity contribution is 7.46. The molecule has 0 aliphatic rings. The Morgan fingerprint density at radius 1 is 1.21 bits per heavy atom. The van der Waals surface area contributed by atoms with Crippen LogP contribution in [-0.2, 0) is 25.5 Å². The Hall–Kier alpha value is -1.05. The van der Waals surface area contributed by atoms with Crippen molar-refractivity contribution in [2.75, 3.05) is 34.3 Å². The van der Waals surface area contributed by atoms with Gasteiger partial charge in [-0.05, 0) is 11.1 Å². The van der Waals surface area contributed by atoms with Gasteiger partial charge in [0.25, 0.3) is 0 Å². The molecule has 24 heavy (non-hydrogen) atoms. The van der Waals surface area contributed by atoms with Crippen molar-refractivity contribution in [3.05, 3.63) is 42.0 Å². The lowest BCUT2D eigenvalue weighted by Crippen LogP contribution is -2.42. The number of phosphoric ester groups is 1. The van der Waals surface area contributed by atoms with Gasteiger partial charge in [0, 0.05) is 6.42 Å². The van der Waals surface area contributed by atoms with Crippen LogP contribution < -0.4 is 0 Å². The fourth-order valence-corrected chi connectivity index (χ4v) is 2.64. The lowest BCUT2D eigenvalue weighted by atomic mass is 10.1. The molecular weight excluding hydrogens is 333 g/mol. The molecule has 0 spiro atoms. The highest BCUT2D eigenvalue weighted by atomic mass is 31.2. The van der Waals surface area contributed by atoms with Crippen molar-refractivity contribution in [1.29, 1.82) is 0 Å². The number of hydrogen-bond donors (Lipinski definition) is 2. The summed E-state index contributed by atoms with van der Waals surface area (Å²) in [7, 11) is 1.22. The first-order valence-corrected chi connectivity index (χ1v) is 9.12. The molecule has 136 valence electrons. The van der Waals surface area contributed by atoms with Crippen LogP contribution in [0.3, 0.4) is 0 Å². The molecule has 0 saturated carbocycles. The molecule has 1 aromatic rings. The summed E-state index contributed by atoms with van der Waals surface area (Å²) in [4.78, 5) is 28.2. The van der Waals surface area contributed by atoms with Crippen LogP contribution in [0, 0.1) is 0 Å². The second-order valence-corrected chi connectivity index (χ2v) is 7.70. The quantitative estimate of drug-likeness (QED) is 0.207. The van der Waals surface area contributed by atoms with Crippen molar-refractivity contribution in [1.82, 2.24) is 0 Å². The van der Waals surface area contributed by atoms with Gasteiger partial charge >= 0.3 is 7.82 Å². The maximum atomic E-state index is 11.0. The third-order valence-electron chi connectivity index (χ3n) is 3.09. The monoisotopic (exact) mass is 360 g/mol. The van der Waals surface area contributed by atoms with Crippen LogP contribution in [0.1, 0.15) is 17.5 Å². The summed E-state index contributed by atoms with van der Waals surface area (Å²) >= 11 is 0. The van der Waals surface area contributed by atoms with Crippen molar-refractivity contribution in [3.63, 3.8) is 0 Å². The van der Waals surface area contributed by atoms with Gasteiger partial charge in [-0.25, -0.2) is 14.3 Å². The summed E-state index contributed by atoms with van der Waals surface area (Å²) in [6, 6.07) is 7.68. The van der Waals surface area contributed by atoms with E-state index in [0.717, 1.165) is 11.1 Å². The van der Waals surface area contributed by atoms with Crippen LogP contribution in [0.2, 0.25) is 0 Å². The molecule has 7 nitrogen and oxygen atoms in total. The predicted octanol–water partition coefficient (Wildman–Crippen LogP) is 2.35. The molecule has 1 rings (SSSR count). The van der Waals surface area contributed by atoms with E-state index < -0.39 is 13.9 Å². The second kappa shape index (κ2) is 9.44.